The van der Waals surface area contributed by atoms with Gasteiger partial charge < -0.3 is 19.5 Å². The van der Waals surface area contributed by atoms with E-state index < -0.39 is 0 Å². The van der Waals surface area contributed by atoms with Crippen LogP contribution in [0.4, 0.5) is 0 Å². The van der Waals surface area contributed by atoms with Crippen LogP contribution in [0, 0.1) is 6.92 Å². The molecular formula is C26H30N4O5. The van der Waals surface area contributed by atoms with Gasteiger partial charge in [0.2, 0.25) is 5.91 Å². The molecule has 0 bridgehead atoms. The molecule has 0 spiro atoms. The van der Waals surface area contributed by atoms with Crippen molar-refractivity contribution in [3.05, 3.63) is 64.2 Å². The second kappa shape index (κ2) is 10.5. The Morgan fingerprint density at radius 3 is 2.51 bits per heavy atom. The van der Waals surface area contributed by atoms with Crippen molar-refractivity contribution in [1.29, 1.82) is 0 Å². The fourth-order valence-electron chi connectivity index (χ4n) is 4.18. The van der Waals surface area contributed by atoms with Crippen molar-refractivity contribution in [1.82, 2.24) is 19.5 Å². The van der Waals surface area contributed by atoms with Crippen molar-refractivity contribution in [3.8, 4) is 17.2 Å². The predicted molar refractivity (Wildman–Crippen MR) is 134 cm³/mol. The van der Waals surface area contributed by atoms with E-state index in [1.165, 1.54) is 4.68 Å². The van der Waals surface area contributed by atoms with E-state index in [9.17, 15) is 9.59 Å². The third kappa shape index (κ3) is 4.94. The van der Waals surface area contributed by atoms with Gasteiger partial charge in [0.15, 0.2) is 11.5 Å². The van der Waals surface area contributed by atoms with Gasteiger partial charge in [0, 0.05) is 11.9 Å². The number of methoxy groups -OCH3 is 1. The summed E-state index contributed by atoms with van der Waals surface area (Å²) in [7, 11) is 1.59. The average molecular weight is 479 g/mol. The Morgan fingerprint density at radius 1 is 1.00 bits per heavy atom. The molecule has 0 radical (unpaired) electrons. The maximum atomic E-state index is 13.1. The Morgan fingerprint density at radius 2 is 1.77 bits per heavy atom. The number of aromatic nitrogens is 3. The molecule has 1 amide bonds. The molecule has 1 N–H and O–H groups in total. The van der Waals surface area contributed by atoms with Crippen molar-refractivity contribution < 1.29 is 19.0 Å². The molecule has 35 heavy (non-hydrogen) atoms. The number of rotatable bonds is 10. The number of aryl methyl sites for hydroxylation is 1. The Kier molecular flexibility index (Phi) is 7.24. The molecule has 0 saturated heterocycles. The van der Waals surface area contributed by atoms with Crippen LogP contribution in [0.15, 0.2) is 47.3 Å². The molecule has 0 aliphatic carbocycles. The monoisotopic (exact) mass is 478 g/mol. The van der Waals surface area contributed by atoms with Crippen LogP contribution in [-0.4, -0.2) is 47.0 Å². The largest absolute Gasteiger partial charge is 0.496 e. The molecule has 4 aromatic rings. The molecule has 2 aromatic carbocycles. The van der Waals surface area contributed by atoms with Gasteiger partial charge in [-0.2, -0.15) is 5.10 Å². The zero-order valence-corrected chi connectivity index (χ0v) is 20.5. The Labute approximate surface area is 203 Å². The lowest BCUT2D eigenvalue weighted by Gasteiger charge is -2.13. The summed E-state index contributed by atoms with van der Waals surface area (Å²) < 4.78 is 19.7. The molecule has 4 rings (SSSR count). The summed E-state index contributed by atoms with van der Waals surface area (Å²) in [6, 6.07) is 13.2. The molecule has 184 valence electrons. The van der Waals surface area contributed by atoms with Crippen molar-refractivity contribution >= 4 is 22.3 Å². The van der Waals surface area contributed by atoms with E-state index >= 15 is 0 Å². The van der Waals surface area contributed by atoms with Gasteiger partial charge in [-0.05, 0) is 63.1 Å². The van der Waals surface area contributed by atoms with E-state index in [1.54, 1.807) is 17.6 Å². The SMILES string of the molecule is CCOc1ccc(CCNC(=O)Cn2nc(C)n3c(cc4c(OC)cccc43)c2=O)cc1OCC. The van der Waals surface area contributed by atoms with E-state index in [0.717, 1.165) is 16.5 Å². The number of hydrogen-bond acceptors (Lipinski definition) is 6. The first kappa shape index (κ1) is 24.1. The first-order valence-corrected chi connectivity index (χ1v) is 11.7. The fourth-order valence-corrected chi connectivity index (χ4v) is 4.18. The van der Waals surface area contributed by atoms with Gasteiger partial charge in [-0.25, -0.2) is 4.68 Å². The van der Waals surface area contributed by atoms with E-state index in [4.69, 9.17) is 14.2 Å². The Balaban J connectivity index is 1.47. The zero-order chi connectivity index (χ0) is 24.9. The highest BCUT2D eigenvalue weighted by Gasteiger charge is 2.16. The van der Waals surface area contributed by atoms with Gasteiger partial charge in [0.1, 0.15) is 23.6 Å². The summed E-state index contributed by atoms with van der Waals surface area (Å²) in [5, 5.41) is 8.07. The first-order chi connectivity index (χ1) is 17.0. The smallest absolute Gasteiger partial charge is 0.291 e. The van der Waals surface area contributed by atoms with Gasteiger partial charge in [0.25, 0.3) is 5.56 Å². The van der Waals surface area contributed by atoms with Crippen LogP contribution in [0.5, 0.6) is 17.2 Å². The second-order valence-electron chi connectivity index (χ2n) is 8.02. The minimum atomic E-state index is -0.336. The summed E-state index contributed by atoms with van der Waals surface area (Å²) in [4.78, 5) is 25.7. The van der Waals surface area contributed by atoms with Crippen molar-refractivity contribution in [2.45, 2.75) is 33.7 Å². The number of carbonyl (C=O) groups excluding carboxylic acids is 1. The van der Waals surface area contributed by atoms with Crippen LogP contribution in [0.2, 0.25) is 0 Å². The Bertz CT molecular complexity index is 1420. The van der Waals surface area contributed by atoms with Gasteiger partial charge in [-0.1, -0.05) is 12.1 Å². The summed E-state index contributed by atoms with van der Waals surface area (Å²) in [6.45, 7) is 7.00. The highest BCUT2D eigenvalue weighted by Crippen LogP contribution is 2.29. The van der Waals surface area contributed by atoms with Gasteiger partial charge in [-0.3, -0.25) is 14.0 Å². The van der Waals surface area contributed by atoms with Crippen molar-refractivity contribution in [2.75, 3.05) is 26.9 Å². The number of hydrogen-bond donors (Lipinski definition) is 1. The molecule has 0 aliphatic heterocycles. The number of amides is 1. The van der Waals surface area contributed by atoms with Gasteiger partial charge >= 0.3 is 0 Å². The first-order valence-electron chi connectivity index (χ1n) is 11.7. The fraction of sp³-hybridized carbons (Fsp3) is 0.346. The van der Waals surface area contributed by atoms with Crippen molar-refractivity contribution in [2.24, 2.45) is 0 Å². The molecule has 0 unspecified atom stereocenters. The second-order valence-corrected chi connectivity index (χ2v) is 8.02. The molecule has 0 aliphatic rings. The van der Waals surface area contributed by atoms with E-state index in [1.807, 2.05) is 57.2 Å². The number of fused-ring (bicyclic) bond motifs is 3. The lowest BCUT2D eigenvalue weighted by Crippen LogP contribution is -2.35. The van der Waals surface area contributed by atoms with Crippen LogP contribution in [0.25, 0.3) is 16.4 Å². The quantitative estimate of drug-likeness (QED) is 0.376. The summed E-state index contributed by atoms with van der Waals surface area (Å²) in [5.41, 5.74) is 1.96. The number of carbonyl (C=O) groups is 1. The normalized spacial score (nSPS) is 11.1. The minimum absolute atomic E-state index is 0.164. The number of benzene rings is 2. The van der Waals surface area contributed by atoms with Gasteiger partial charge in [-0.15, -0.1) is 0 Å². The van der Waals surface area contributed by atoms with E-state index in [0.29, 0.717) is 54.8 Å². The van der Waals surface area contributed by atoms with Crippen LogP contribution in [0.1, 0.15) is 25.2 Å². The summed E-state index contributed by atoms with van der Waals surface area (Å²) >= 11 is 0. The average Bonchev–Trinajstić information content (AvgIpc) is 3.25. The third-order valence-corrected chi connectivity index (χ3v) is 5.71. The molecule has 9 nitrogen and oxygen atoms in total. The standard InChI is InChI=1S/C26H30N4O5/c1-5-34-23-11-10-18(14-24(23)35-6-2)12-13-27-25(31)16-29-26(32)21-15-19-20(30(21)17(3)28-29)8-7-9-22(19)33-4/h7-11,14-15H,5-6,12-13,16H2,1-4H3,(H,27,31). The molecule has 0 saturated carbocycles. The van der Waals surface area contributed by atoms with Crippen LogP contribution in [0.3, 0.4) is 0 Å². The molecule has 0 atom stereocenters. The molecular weight excluding hydrogens is 448 g/mol. The van der Waals surface area contributed by atoms with Crippen LogP contribution in [-0.2, 0) is 17.8 Å². The van der Waals surface area contributed by atoms with E-state index in [2.05, 4.69) is 10.4 Å². The van der Waals surface area contributed by atoms with Crippen LogP contribution >= 0.6 is 0 Å². The lowest BCUT2D eigenvalue weighted by molar-refractivity contribution is -0.121. The number of nitrogens with one attached hydrogen (secondary N) is 1. The number of ether oxygens (including phenoxy) is 3. The lowest BCUT2D eigenvalue weighted by atomic mass is 10.1. The number of nitrogens with zero attached hydrogens (tertiary/aromatic N) is 3. The molecule has 0 fully saturated rings. The topological polar surface area (TPSA) is 96.1 Å². The predicted octanol–water partition coefficient (Wildman–Crippen LogP) is 3.12. The van der Waals surface area contributed by atoms with E-state index in [-0.39, 0.29) is 18.0 Å². The zero-order valence-electron chi connectivity index (χ0n) is 20.5. The van der Waals surface area contributed by atoms with Crippen LogP contribution < -0.4 is 25.1 Å². The summed E-state index contributed by atoms with van der Waals surface area (Å²) in [6.07, 6.45) is 0.614. The molecule has 9 heteroatoms. The maximum Gasteiger partial charge on any atom is 0.291 e. The van der Waals surface area contributed by atoms with Crippen molar-refractivity contribution in [3.63, 3.8) is 0 Å². The third-order valence-electron chi connectivity index (χ3n) is 5.71. The molecule has 2 heterocycles. The Hall–Kier alpha value is -4.01. The highest BCUT2D eigenvalue weighted by atomic mass is 16.5. The molecule has 2 aromatic heterocycles. The summed E-state index contributed by atoms with van der Waals surface area (Å²) in [5.74, 6) is 2.39. The maximum absolute atomic E-state index is 13.1. The minimum Gasteiger partial charge on any atom is -0.496 e. The highest BCUT2D eigenvalue weighted by molar-refractivity contribution is 5.92. The van der Waals surface area contributed by atoms with Gasteiger partial charge in [0.05, 0.1) is 25.8 Å².